The maximum atomic E-state index is 14.3. The number of nitrogens with one attached hydrogen (secondary N) is 1. The number of aromatic nitrogens is 3. The van der Waals surface area contributed by atoms with Crippen LogP contribution in [0.4, 0.5) is 20.4 Å². The first-order chi connectivity index (χ1) is 13.8. The molecule has 2 heterocycles. The van der Waals surface area contributed by atoms with Crippen molar-refractivity contribution in [2.24, 2.45) is 7.05 Å². The predicted octanol–water partition coefficient (Wildman–Crippen LogP) is 4.84. The third kappa shape index (κ3) is 3.49. The van der Waals surface area contributed by atoms with Crippen molar-refractivity contribution in [2.45, 2.75) is 13.5 Å². The number of imidazole rings is 1. The van der Waals surface area contributed by atoms with Gasteiger partial charge in [-0.1, -0.05) is 17.7 Å². The molecule has 0 aliphatic carbocycles. The fourth-order valence-corrected chi connectivity index (χ4v) is 3.48. The topological polar surface area (TPSA) is 53.9 Å². The minimum Gasteiger partial charge on any atom is -0.319 e. The number of aryl methyl sites for hydroxylation is 1. The molecule has 5 nitrogen and oxygen atoms in total. The van der Waals surface area contributed by atoms with E-state index in [9.17, 15) is 13.6 Å². The minimum absolute atomic E-state index is 0.158. The van der Waals surface area contributed by atoms with Crippen molar-refractivity contribution in [1.29, 1.82) is 0 Å². The summed E-state index contributed by atoms with van der Waals surface area (Å²) in [5, 5.41) is 0.962. The van der Waals surface area contributed by atoms with Crippen molar-refractivity contribution in [3.8, 4) is 0 Å². The summed E-state index contributed by atoms with van der Waals surface area (Å²) >= 11 is 6.18. The number of rotatable bonds is 4. The van der Waals surface area contributed by atoms with Gasteiger partial charge in [0.25, 0.3) is 0 Å². The van der Waals surface area contributed by atoms with Crippen LogP contribution in [0.2, 0.25) is 5.02 Å². The van der Waals surface area contributed by atoms with Gasteiger partial charge >= 0.3 is 0 Å². The Morgan fingerprint density at radius 1 is 1.21 bits per heavy atom. The Morgan fingerprint density at radius 3 is 2.69 bits per heavy atom. The molecule has 0 aliphatic rings. The smallest absolute Gasteiger partial charge is 0.248 e. The van der Waals surface area contributed by atoms with Crippen molar-refractivity contribution in [1.82, 2.24) is 14.5 Å². The van der Waals surface area contributed by atoms with Gasteiger partial charge in [0.15, 0.2) is 11.6 Å². The van der Waals surface area contributed by atoms with Crippen LogP contribution >= 0.6 is 11.6 Å². The van der Waals surface area contributed by atoms with E-state index in [1.54, 1.807) is 18.3 Å². The van der Waals surface area contributed by atoms with Gasteiger partial charge in [0.05, 0.1) is 18.3 Å². The zero-order chi connectivity index (χ0) is 20.7. The van der Waals surface area contributed by atoms with Gasteiger partial charge in [0, 0.05) is 34.9 Å². The molecule has 0 saturated carbocycles. The van der Waals surface area contributed by atoms with Crippen LogP contribution in [0.5, 0.6) is 0 Å². The number of pyridine rings is 1. The fraction of sp³-hybridized carbons (Fsp3) is 0.143. The maximum absolute atomic E-state index is 14.3. The molecule has 4 aromatic rings. The first-order valence-corrected chi connectivity index (χ1v) is 9.24. The zero-order valence-electron chi connectivity index (χ0n) is 15.7. The first kappa shape index (κ1) is 19.1. The number of H-pyrrole nitrogens is 1. The molecular formula is C21H17ClF2N4O. The molecule has 2 aromatic heterocycles. The molecule has 0 bridgehead atoms. The highest BCUT2D eigenvalue weighted by Gasteiger charge is 2.19. The second-order valence-electron chi connectivity index (χ2n) is 6.77. The average Bonchev–Trinajstić information content (AvgIpc) is 3.01. The van der Waals surface area contributed by atoms with Crippen molar-refractivity contribution < 1.29 is 8.78 Å². The Kier molecular flexibility index (Phi) is 4.84. The third-order valence-electron chi connectivity index (χ3n) is 4.88. The molecule has 8 heteroatoms. The van der Waals surface area contributed by atoms with Crippen LogP contribution in [0.15, 0.2) is 53.5 Å². The van der Waals surface area contributed by atoms with Gasteiger partial charge in [-0.05, 0) is 42.8 Å². The summed E-state index contributed by atoms with van der Waals surface area (Å²) in [6, 6.07) is 11.1. The minimum atomic E-state index is -1.08. The van der Waals surface area contributed by atoms with Gasteiger partial charge in [-0.25, -0.2) is 13.8 Å². The lowest BCUT2D eigenvalue weighted by Gasteiger charge is -2.25. The quantitative estimate of drug-likeness (QED) is 0.520. The molecule has 0 unspecified atom stereocenters. The summed E-state index contributed by atoms with van der Waals surface area (Å²) in [5.74, 6) is -1.47. The molecule has 0 aliphatic heterocycles. The molecule has 2 aromatic carbocycles. The highest BCUT2D eigenvalue weighted by Crippen LogP contribution is 2.30. The van der Waals surface area contributed by atoms with Crippen LogP contribution in [-0.4, -0.2) is 14.5 Å². The van der Waals surface area contributed by atoms with Gasteiger partial charge in [-0.3, -0.25) is 4.79 Å². The van der Waals surface area contributed by atoms with E-state index in [4.69, 9.17) is 11.6 Å². The predicted molar refractivity (Wildman–Crippen MR) is 110 cm³/mol. The average molecular weight is 415 g/mol. The fourth-order valence-electron chi connectivity index (χ4n) is 3.29. The standard InChI is InChI=1S/C21H17ClF2N4O/c1-12-10-25-21(27(12)2)28(15-5-3-4-14(22)9-15)11-13-8-18(29)26-20-16(13)6-7-17(23)19(20)24/h3-10H,11H2,1-2H3,(H,26,29). The summed E-state index contributed by atoms with van der Waals surface area (Å²) in [6.45, 7) is 2.13. The van der Waals surface area contributed by atoms with Crippen molar-refractivity contribution >= 4 is 34.1 Å². The summed E-state index contributed by atoms with van der Waals surface area (Å²) in [6.07, 6.45) is 1.73. The van der Waals surface area contributed by atoms with E-state index in [2.05, 4.69) is 9.97 Å². The van der Waals surface area contributed by atoms with Gasteiger partial charge in [0.1, 0.15) is 0 Å². The SMILES string of the molecule is Cc1cnc(N(Cc2cc(=O)[nH]c3c(F)c(F)ccc23)c2cccc(Cl)c2)n1C. The molecule has 0 amide bonds. The van der Waals surface area contributed by atoms with Gasteiger partial charge < -0.3 is 14.5 Å². The molecule has 0 atom stereocenters. The van der Waals surface area contributed by atoms with E-state index < -0.39 is 17.2 Å². The number of hydrogen-bond donors (Lipinski definition) is 1. The van der Waals surface area contributed by atoms with Crippen molar-refractivity contribution in [2.75, 3.05) is 4.90 Å². The number of fused-ring (bicyclic) bond motifs is 1. The van der Waals surface area contributed by atoms with Gasteiger partial charge in [-0.2, -0.15) is 0 Å². The molecule has 0 spiro atoms. The Balaban J connectivity index is 1.91. The number of hydrogen-bond acceptors (Lipinski definition) is 3. The zero-order valence-corrected chi connectivity index (χ0v) is 16.5. The first-order valence-electron chi connectivity index (χ1n) is 8.86. The lowest BCUT2D eigenvalue weighted by atomic mass is 10.1. The van der Waals surface area contributed by atoms with Crippen LogP contribution in [0, 0.1) is 18.6 Å². The molecule has 148 valence electrons. The summed E-state index contributed by atoms with van der Waals surface area (Å²) in [4.78, 5) is 20.9. The molecule has 0 saturated heterocycles. The van der Waals surface area contributed by atoms with Crippen LogP contribution < -0.4 is 10.5 Å². The molecule has 4 rings (SSSR count). The normalized spacial score (nSPS) is 11.2. The summed E-state index contributed by atoms with van der Waals surface area (Å²) in [5.41, 5.74) is 1.55. The number of benzene rings is 2. The second kappa shape index (κ2) is 7.33. The lowest BCUT2D eigenvalue weighted by molar-refractivity contribution is 0.515. The van der Waals surface area contributed by atoms with Crippen LogP contribution in [0.3, 0.4) is 0 Å². The lowest BCUT2D eigenvalue weighted by Crippen LogP contribution is -2.22. The van der Waals surface area contributed by atoms with Crippen LogP contribution in [0.1, 0.15) is 11.3 Å². The third-order valence-corrected chi connectivity index (χ3v) is 5.12. The van der Waals surface area contributed by atoms with E-state index in [1.807, 2.05) is 35.6 Å². The van der Waals surface area contributed by atoms with E-state index in [1.165, 1.54) is 12.1 Å². The monoisotopic (exact) mass is 414 g/mol. The van der Waals surface area contributed by atoms with E-state index in [0.717, 1.165) is 17.4 Å². The highest BCUT2D eigenvalue weighted by atomic mass is 35.5. The molecule has 29 heavy (non-hydrogen) atoms. The van der Waals surface area contributed by atoms with Crippen LogP contribution in [0.25, 0.3) is 10.9 Å². The Morgan fingerprint density at radius 2 is 2.00 bits per heavy atom. The number of aromatic amines is 1. The molecule has 1 N–H and O–H groups in total. The van der Waals surface area contributed by atoms with E-state index in [0.29, 0.717) is 21.9 Å². The summed E-state index contributed by atoms with van der Waals surface area (Å²) < 4.78 is 29.8. The highest BCUT2D eigenvalue weighted by molar-refractivity contribution is 6.30. The van der Waals surface area contributed by atoms with Crippen molar-refractivity contribution in [3.05, 3.63) is 86.9 Å². The largest absolute Gasteiger partial charge is 0.319 e. The number of halogens is 3. The van der Waals surface area contributed by atoms with E-state index in [-0.39, 0.29) is 12.1 Å². The summed E-state index contributed by atoms with van der Waals surface area (Å²) in [7, 11) is 1.88. The molecule has 0 radical (unpaired) electrons. The Hall–Kier alpha value is -3.19. The number of nitrogens with zero attached hydrogens (tertiary/aromatic N) is 3. The van der Waals surface area contributed by atoms with Crippen molar-refractivity contribution in [3.63, 3.8) is 0 Å². The molecular weight excluding hydrogens is 398 g/mol. The van der Waals surface area contributed by atoms with E-state index >= 15 is 0 Å². The Labute approximate surface area is 170 Å². The Bertz CT molecular complexity index is 1280. The maximum Gasteiger partial charge on any atom is 0.248 e. The van der Waals surface area contributed by atoms with Gasteiger partial charge in [-0.15, -0.1) is 0 Å². The van der Waals surface area contributed by atoms with Crippen LogP contribution in [-0.2, 0) is 13.6 Å². The molecule has 0 fully saturated rings. The second-order valence-corrected chi connectivity index (χ2v) is 7.20. The number of anilines is 2. The van der Waals surface area contributed by atoms with Gasteiger partial charge in [0.2, 0.25) is 11.5 Å².